The second-order valence-electron chi connectivity index (χ2n) is 6.46. The molecule has 0 saturated heterocycles. The first kappa shape index (κ1) is 18.5. The maximum absolute atomic E-state index is 10.5. The fourth-order valence-electron chi connectivity index (χ4n) is 3.08. The highest BCUT2D eigenvalue weighted by Crippen LogP contribution is 2.46. The number of rotatable bonds is 8. The summed E-state index contributed by atoms with van der Waals surface area (Å²) in [5.41, 5.74) is 0. The van der Waals surface area contributed by atoms with Crippen LogP contribution in [0.2, 0.25) is 0 Å². The number of aliphatic hydroxyl groups excluding tert-OH is 1. The molecular weight excluding hydrogens is 344 g/mol. The fourth-order valence-corrected chi connectivity index (χ4v) is 6.63. The van der Waals surface area contributed by atoms with Crippen molar-refractivity contribution in [3.63, 3.8) is 0 Å². The lowest BCUT2D eigenvalue weighted by atomic mass is 10.1. The lowest BCUT2D eigenvalue weighted by Crippen LogP contribution is -2.08. The molecule has 0 saturated carbocycles. The van der Waals surface area contributed by atoms with Crippen molar-refractivity contribution in [3.05, 3.63) is 59.7 Å². The van der Waals surface area contributed by atoms with E-state index in [-0.39, 0.29) is 10.9 Å². The Labute approximate surface area is 158 Å². The Bertz CT molecular complexity index is 678. The van der Waals surface area contributed by atoms with E-state index in [0.29, 0.717) is 5.76 Å². The molecule has 2 aromatic rings. The van der Waals surface area contributed by atoms with Crippen LogP contribution in [0.1, 0.15) is 51.9 Å². The molecule has 1 aliphatic heterocycles. The molecule has 25 heavy (non-hydrogen) atoms. The van der Waals surface area contributed by atoms with Crippen molar-refractivity contribution in [3.8, 4) is 0 Å². The minimum absolute atomic E-state index is 0.168. The van der Waals surface area contributed by atoms with E-state index in [1.165, 1.54) is 51.7 Å². The molecule has 0 unspecified atom stereocenters. The average molecular weight is 372 g/mol. The van der Waals surface area contributed by atoms with E-state index in [1.807, 2.05) is 11.8 Å². The van der Waals surface area contributed by atoms with Crippen LogP contribution in [0, 0.1) is 0 Å². The second kappa shape index (κ2) is 9.40. The average Bonchev–Trinajstić information content (AvgIpc) is 2.64. The third-order valence-electron chi connectivity index (χ3n) is 4.43. The second-order valence-corrected chi connectivity index (χ2v) is 9.33. The summed E-state index contributed by atoms with van der Waals surface area (Å²) in [5, 5.41) is 12.6. The molecule has 0 spiro atoms. The van der Waals surface area contributed by atoms with E-state index in [4.69, 9.17) is 0 Å². The van der Waals surface area contributed by atoms with Gasteiger partial charge < -0.3 is 5.11 Å². The summed E-state index contributed by atoms with van der Waals surface area (Å²) in [6, 6.07) is 17.2. The van der Waals surface area contributed by atoms with E-state index >= 15 is 0 Å². The molecule has 0 amide bonds. The largest absolute Gasteiger partial charge is 0.508 e. The van der Waals surface area contributed by atoms with Crippen LogP contribution in [0.3, 0.4) is 0 Å². The maximum Gasteiger partial charge on any atom is 0.179 e. The predicted molar refractivity (Wildman–Crippen MR) is 110 cm³/mol. The molecule has 3 heteroatoms. The first-order chi connectivity index (χ1) is 12.3. The van der Waals surface area contributed by atoms with E-state index in [1.54, 1.807) is 0 Å². The molecule has 0 aromatic heterocycles. The summed E-state index contributed by atoms with van der Waals surface area (Å²) in [4.78, 5) is 5.29. The van der Waals surface area contributed by atoms with Crippen LogP contribution in [0.5, 0.6) is 0 Å². The van der Waals surface area contributed by atoms with Gasteiger partial charge in [-0.25, -0.2) is 0 Å². The van der Waals surface area contributed by atoms with Gasteiger partial charge in [-0.2, -0.15) is 0 Å². The van der Waals surface area contributed by atoms with Gasteiger partial charge in [0.15, 0.2) is 15.2 Å². The highest BCUT2D eigenvalue weighted by molar-refractivity contribution is 8.05. The molecular formula is C22H27OS2+. The van der Waals surface area contributed by atoms with Crippen molar-refractivity contribution in [1.29, 1.82) is 0 Å². The molecule has 0 radical (unpaired) electrons. The van der Waals surface area contributed by atoms with Gasteiger partial charge in [0.1, 0.15) is 5.76 Å². The Hall–Kier alpha value is -1.32. The van der Waals surface area contributed by atoms with Crippen LogP contribution >= 0.6 is 11.8 Å². The highest BCUT2D eigenvalue weighted by Gasteiger charge is 2.34. The molecule has 132 valence electrons. The highest BCUT2D eigenvalue weighted by atomic mass is 32.2. The van der Waals surface area contributed by atoms with E-state index < -0.39 is 0 Å². The van der Waals surface area contributed by atoms with Gasteiger partial charge >= 0.3 is 0 Å². The Morgan fingerprint density at radius 1 is 0.880 bits per heavy atom. The van der Waals surface area contributed by atoms with E-state index in [0.717, 1.165) is 12.8 Å². The summed E-state index contributed by atoms with van der Waals surface area (Å²) in [5.74, 6) is 0.551. The van der Waals surface area contributed by atoms with Gasteiger partial charge in [0.2, 0.25) is 0 Å². The maximum atomic E-state index is 10.5. The normalized spacial score (nSPS) is 14.2. The quantitative estimate of drug-likeness (QED) is 0.297. The van der Waals surface area contributed by atoms with Gasteiger partial charge in [0, 0.05) is 6.42 Å². The van der Waals surface area contributed by atoms with Crippen LogP contribution in [-0.4, -0.2) is 5.11 Å². The molecule has 1 aliphatic rings. The lowest BCUT2D eigenvalue weighted by Gasteiger charge is -2.16. The summed E-state index contributed by atoms with van der Waals surface area (Å²) in [7, 11) is -0.168. The zero-order chi connectivity index (χ0) is 17.5. The third-order valence-corrected chi connectivity index (χ3v) is 8.01. The first-order valence-electron chi connectivity index (χ1n) is 9.28. The summed E-state index contributed by atoms with van der Waals surface area (Å²) < 4.78 is 0. The summed E-state index contributed by atoms with van der Waals surface area (Å²) in [6.07, 6.45) is 8.32. The van der Waals surface area contributed by atoms with Crippen LogP contribution in [0.25, 0.3) is 0 Å². The Balaban J connectivity index is 1.71. The van der Waals surface area contributed by atoms with Crippen LogP contribution in [-0.2, 0) is 10.9 Å². The number of benzene rings is 2. The molecule has 0 fully saturated rings. The zero-order valence-electron chi connectivity index (χ0n) is 14.9. The van der Waals surface area contributed by atoms with Gasteiger partial charge in [0.25, 0.3) is 0 Å². The van der Waals surface area contributed by atoms with Crippen molar-refractivity contribution < 1.29 is 5.11 Å². The van der Waals surface area contributed by atoms with Gasteiger partial charge in [0.05, 0.1) is 20.7 Å². The zero-order valence-corrected chi connectivity index (χ0v) is 16.5. The monoisotopic (exact) mass is 371 g/mol. The van der Waals surface area contributed by atoms with Gasteiger partial charge in [-0.3, -0.25) is 0 Å². The molecule has 1 heterocycles. The molecule has 0 bridgehead atoms. The number of aliphatic hydroxyl groups is 1. The molecule has 2 aromatic carbocycles. The van der Waals surface area contributed by atoms with Crippen molar-refractivity contribution in [2.75, 3.05) is 0 Å². The summed E-state index contributed by atoms with van der Waals surface area (Å²) >= 11 is 1.84. The summed E-state index contributed by atoms with van der Waals surface area (Å²) in [6.45, 7) is 2.24. The van der Waals surface area contributed by atoms with Crippen LogP contribution in [0.15, 0.2) is 79.3 Å². The predicted octanol–water partition coefficient (Wildman–Crippen LogP) is 7.34. The van der Waals surface area contributed by atoms with Gasteiger partial charge in [-0.05, 0) is 30.7 Å². The first-order valence-corrected chi connectivity index (χ1v) is 11.4. The van der Waals surface area contributed by atoms with Gasteiger partial charge in [-0.15, -0.1) is 0 Å². The minimum atomic E-state index is -0.168. The Morgan fingerprint density at radius 2 is 1.44 bits per heavy atom. The van der Waals surface area contributed by atoms with Crippen molar-refractivity contribution in [2.24, 2.45) is 0 Å². The number of allylic oxidation sites excluding steroid dienone is 1. The third kappa shape index (κ3) is 4.86. The number of hydrogen-bond donors (Lipinski definition) is 1. The molecule has 1 nitrogen and oxygen atoms in total. The lowest BCUT2D eigenvalue weighted by molar-refractivity contribution is 0.382. The number of unbranched alkanes of at least 4 members (excludes halogenated alkanes) is 5. The SMILES string of the molecule is CCCCCCCC/C(O)=C/[S+]1c2ccccc2Sc2ccccc21. The van der Waals surface area contributed by atoms with Crippen molar-refractivity contribution >= 4 is 22.7 Å². The molecule has 0 atom stereocenters. The van der Waals surface area contributed by atoms with E-state index in [2.05, 4.69) is 60.9 Å². The number of fused-ring (bicyclic) bond motifs is 2. The topological polar surface area (TPSA) is 20.2 Å². The Kier molecular flexibility index (Phi) is 6.94. The van der Waals surface area contributed by atoms with Crippen LogP contribution < -0.4 is 0 Å². The standard InChI is InChI=1S/C22H26OS2/c1-2-3-4-5-6-7-12-18(23)17-25-21-15-10-8-13-19(21)24-20-14-9-11-16-22(20)25/h8-11,13-17H,2-7,12H2,1H3/p+1/b18-17-. The fraction of sp³-hybridized carbons (Fsp3) is 0.364. The van der Waals surface area contributed by atoms with E-state index in [9.17, 15) is 5.11 Å². The molecule has 0 aliphatic carbocycles. The van der Waals surface area contributed by atoms with Crippen molar-refractivity contribution in [1.82, 2.24) is 0 Å². The smallest absolute Gasteiger partial charge is 0.179 e. The molecule has 1 N–H and O–H groups in total. The van der Waals surface area contributed by atoms with Gasteiger partial charge in [-0.1, -0.05) is 75.1 Å². The molecule has 3 rings (SSSR count). The minimum Gasteiger partial charge on any atom is -0.508 e. The number of hydrogen-bond acceptors (Lipinski definition) is 2. The van der Waals surface area contributed by atoms with Crippen molar-refractivity contribution in [2.45, 2.75) is 71.5 Å². The van der Waals surface area contributed by atoms with Crippen LogP contribution in [0.4, 0.5) is 0 Å². The Morgan fingerprint density at radius 3 is 2.08 bits per heavy atom.